The molecule has 1 aliphatic heterocycles. The van der Waals surface area contributed by atoms with Gasteiger partial charge in [-0.3, -0.25) is 4.79 Å². The third kappa shape index (κ3) is 5.71. The molecule has 1 aliphatic rings. The van der Waals surface area contributed by atoms with Gasteiger partial charge in [-0.1, -0.05) is 12.1 Å². The van der Waals surface area contributed by atoms with Crippen molar-refractivity contribution in [3.63, 3.8) is 0 Å². The number of benzene rings is 1. The van der Waals surface area contributed by atoms with E-state index in [1.54, 1.807) is 17.9 Å². The van der Waals surface area contributed by atoms with Gasteiger partial charge < -0.3 is 14.4 Å². The molecule has 0 aromatic heterocycles. The molecule has 0 radical (unpaired) electrons. The molecule has 2 rings (SSSR count). The van der Waals surface area contributed by atoms with Gasteiger partial charge in [0.1, 0.15) is 11.4 Å². The molecule has 1 heterocycles. The number of carbonyl (C=O) groups is 2. The number of ether oxygens (including phenoxy) is 2. The number of amides is 1. The summed E-state index contributed by atoms with van der Waals surface area (Å²) in [6.07, 6.45) is 1.16. The van der Waals surface area contributed by atoms with Crippen LogP contribution in [0.5, 0.6) is 0 Å². The Kier molecular flexibility index (Phi) is 6.62. The van der Waals surface area contributed by atoms with E-state index in [0.717, 1.165) is 18.4 Å². The molecule has 26 heavy (non-hydrogen) atoms. The molecular formula is C20H28FNO4. The van der Waals surface area contributed by atoms with Crippen molar-refractivity contribution in [1.82, 2.24) is 4.90 Å². The highest BCUT2D eigenvalue weighted by molar-refractivity contribution is 5.72. The monoisotopic (exact) mass is 365 g/mol. The second-order valence-corrected chi connectivity index (χ2v) is 7.57. The van der Waals surface area contributed by atoms with Crippen molar-refractivity contribution in [3.8, 4) is 0 Å². The van der Waals surface area contributed by atoms with E-state index in [0.29, 0.717) is 18.7 Å². The third-order valence-electron chi connectivity index (χ3n) is 4.34. The molecule has 1 saturated heterocycles. The van der Waals surface area contributed by atoms with Crippen molar-refractivity contribution in [1.29, 1.82) is 0 Å². The summed E-state index contributed by atoms with van der Waals surface area (Å²) in [7, 11) is 0. The molecule has 1 fully saturated rings. The van der Waals surface area contributed by atoms with Gasteiger partial charge in [0, 0.05) is 13.1 Å². The summed E-state index contributed by atoms with van der Waals surface area (Å²) in [4.78, 5) is 25.3. The number of hydrogen-bond donors (Lipinski definition) is 0. The zero-order valence-corrected chi connectivity index (χ0v) is 16.0. The van der Waals surface area contributed by atoms with Gasteiger partial charge in [0.15, 0.2) is 0 Å². The SMILES string of the molecule is CCOC(=O)Cc1ccc(C2CCN(C(=O)OC(C)(C)C)CC2)cc1F. The second-order valence-electron chi connectivity index (χ2n) is 7.57. The predicted octanol–water partition coefficient (Wildman–Crippen LogP) is 4.05. The average molecular weight is 365 g/mol. The van der Waals surface area contributed by atoms with E-state index in [2.05, 4.69) is 0 Å². The maximum absolute atomic E-state index is 14.3. The van der Waals surface area contributed by atoms with Crippen LogP contribution in [0.25, 0.3) is 0 Å². The first kappa shape index (κ1) is 20.2. The Morgan fingerprint density at radius 1 is 1.23 bits per heavy atom. The van der Waals surface area contributed by atoms with Gasteiger partial charge in [0.2, 0.25) is 0 Å². The number of carbonyl (C=O) groups excluding carboxylic acids is 2. The van der Waals surface area contributed by atoms with Crippen molar-refractivity contribution >= 4 is 12.1 Å². The molecule has 1 aromatic rings. The number of halogens is 1. The smallest absolute Gasteiger partial charge is 0.410 e. The minimum absolute atomic E-state index is 0.0585. The molecular weight excluding hydrogens is 337 g/mol. The number of rotatable bonds is 4. The summed E-state index contributed by atoms with van der Waals surface area (Å²) in [5.41, 5.74) is 0.739. The van der Waals surface area contributed by atoms with E-state index in [4.69, 9.17) is 9.47 Å². The molecule has 0 unspecified atom stereocenters. The zero-order chi connectivity index (χ0) is 19.3. The fourth-order valence-corrected chi connectivity index (χ4v) is 3.05. The molecule has 0 atom stereocenters. The van der Waals surface area contributed by atoms with Crippen LogP contribution >= 0.6 is 0 Å². The summed E-state index contributed by atoms with van der Waals surface area (Å²) in [5, 5.41) is 0. The molecule has 1 amide bonds. The molecule has 0 bridgehead atoms. The second kappa shape index (κ2) is 8.52. The topological polar surface area (TPSA) is 55.8 Å². The number of piperidine rings is 1. The van der Waals surface area contributed by atoms with Crippen molar-refractivity contribution in [3.05, 3.63) is 35.1 Å². The summed E-state index contributed by atoms with van der Waals surface area (Å²) < 4.78 is 24.6. The molecule has 0 spiro atoms. The van der Waals surface area contributed by atoms with Crippen molar-refractivity contribution in [2.75, 3.05) is 19.7 Å². The van der Waals surface area contributed by atoms with Crippen LogP contribution in [0.2, 0.25) is 0 Å². The third-order valence-corrected chi connectivity index (χ3v) is 4.34. The summed E-state index contributed by atoms with van der Waals surface area (Å²) in [5.74, 6) is -0.616. The minimum atomic E-state index is -0.508. The molecule has 6 heteroatoms. The number of hydrogen-bond acceptors (Lipinski definition) is 4. The lowest BCUT2D eigenvalue weighted by Crippen LogP contribution is -2.41. The largest absolute Gasteiger partial charge is 0.466 e. The van der Waals surface area contributed by atoms with Gasteiger partial charge in [0.05, 0.1) is 13.0 Å². The van der Waals surface area contributed by atoms with Crippen LogP contribution in [-0.2, 0) is 20.7 Å². The lowest BCUT2D eigenvalue weighted by Gasteiger charge is -2.33. The van der Waals surface area contributed by atoms with Gasteiger partial charge >= 0.3 is 12.1 Å². The van der Waals surface area contributed by atoms with Crippen LogP contribution in [0.1, 0.15) is 57.6 Å². The van der Waals surface area contributed by atoms with Gasteiger partial charge in [-0.15, -0.1) is 0 Å². The van der Waals surface area contributed by atoms with Gasteiger partial charge in [-0.05, 0) is 63.6 Å². The first-order valence-electron chi connectivity index (χ1n) is 9.11. The van der Waals surface area contributed by atoms with Crippen molar-refractivity contribution < 1.29 is 23.5 Å². The molecule has 0 aliphatic carbocycles. The number of nitrogens with zero attached hydrogens (tertiary/aromatic N) is 1. The Bertz CT molecular complexity index is 646. The van der Waals surface area contributed by atoms with Crippen LogP contribution in [0.3, 0.4) is 0 Å². The van der Waals surface area contributed by atoms with Gasteiger partial charge in [-0.25, -0.2) is 9.18 Å². The van der Waals surface area contributed by atoms with Crippen LogP contribution in [0, 0.1) is 5.82 Å². The van der Waals surface area contributed by atoms with E-state index < -0.39 is 11.6 Å². The first-order valence-corrected chi connectivity index (χ1v) is 9.11. The lowest BCUT2D eigenvalue weighted by atomic mass is 9.88. The molecule has 144 valence electrons. The summed E-state index contributed by atoms with van der Waals surface area (Å²) in [6, 6.07) is 5.02. The van der Waals surface area contributed by atoms with Gasteiger partial charge in [-0.2, -0.15) is 0 Å². The minimum Gasteiger partial charge on any atom is -0.466 e. The van der Waals surface area contributed by atoms with E-state index in [9.17, 15) is 14.0 Å². The lowest BCUT2D eigenvalue weighted by molar-refractivity contribution is -0.142. The Morgan fingerprint density at radius 2 is 1.88 bits per heavy atom. The number of likely N-dealkylation sites (tertiary alicyclic amines) is 1. The first-order chi connectivity index (χ1) is 12.2. The summed E-state index contributed by atoms with van der Waals surface area (Å²) in [6.45, 7) is 8.72. The molecule has 0 saturated carbocycles. The van der Waals surface area contributed by atoms with Crippen LogP contribution in [-0.4, -0.2) is 42.3 Å². The normalized spacial score (nSPS) is 15.7. The van der Waals surface area contributed by atoms with Crippen LogP contribution in [0.4, 0.5) is 9.18 Å². The van der Waals surface area contributed by atoms with Gasteiger partial charge in [0.25, 0.3) is 0 Å². The maximum Gasteiger partial charge on any atom is 0.410 e. The molecule has 0 N–H and O–H groups in total. The van der Waals surface area contributed by atoms with E-state index in [1.807, 2.05) is 26.8 Å². The number of esters is 1. The maximum atomic E-state index is 14.3. The quantitative estimate of drug-likeness (QED) is 0.756. The fourth-order valence-electron chi connectivity index (χ4n) is 3.05. The van der Waals surface area contributed by atoms with E-state index in [1.165, 1.54) is 6.07 Å². The summed E-state index contributed by atoms with van der Waals surface area (Å²) >= 11 is 0. The standard InChI is InChI=1S/C20H28FNO4/c1-5-25-18(23)13-16-7-6-15(12-17(16)21)14-8-10-22(11-9-14)19(24)26-20(2,3)4/h6-7,12,14H,5,8-11,13H2,1-4H3. The highest BCUT2D eigenvalue weighted by Crippen LogP contribution is 2.30. The Hall–Kier alpha value is -2.11. The van der Waals surface area contributed by atoms with E-state index >= 15 is 0 Å². The molecule has 5 nitrogen and oxygen atoms in total. The van der Waals surface area contributed by atoms with Crippen LogP contribution in [0.15, 0.2) is 18.2 Å². The van der Waals surface area contributed by atoms with Crippen molar-refractivity contribution in [2.45, 2.75) is 58.5 Å². The van der Waals surface area contributed by atoms with Crippen molar-refractivity contribution in [2.24, 2.45) is 0 Å². The Morgan fingerprint density at radius 3 is 2.42 bits per heavy atom. The van der Waals surface area contributed by atoms with Crippen LogP contribution < -0.4 is 0 Å². The average Bonchev–Trinajstić information content (AvgIpc) is 2.55. The fraction of sp³-hybridized carbons (Fsp3) is 0.600. The highest BCUT2D eigenvalue weighted by atomic mass is 19.1. The highest BCUT2D eigenvalue weighted by Gasteiger charge is 2.27. The van der Waals surface area contributed by atoms with E-state index in [-0.39, 0.29) is 30.9 Å². The zero-order valence-electron chi connectivity index (χ0n) is 16.0. The Labute approximate surface area is 154 Å². The predicted molar refractivity (Wildman–Crippen MR) is 96.5 cm³/mol. The Balaban J connectivity index is 1.94. The molecule has 1 aromatic carbocycles.